The molecule has 56 valence electrons. The van der Waals surface area contributed by atoms with E-state index in [0.717, 1.165) is 11.8 Å². The zero-order valence-corrected chi connectivity index (χ0v) is 7.01. The fourth-order valence-electron chi connectivity index (χ4n) is 0.975. The van der Waals surface area contributed by atoms with E-state index in [1.807, 2.05) is 0 Å². The van der Waals surface area contributed by atoms with Crippen LogP contribution in [0.4, 0.5) is 0 Å². The number of carbonyl (C=O) groups excluding carboxylic acids is 1. The second-order valence-corrected chi connectivity index (χ2v) is 2.95. The molecule has 0 saturated carbocycles. The van der Waals surface area contributed by atoms with E-state index in [4.69, 9.17) is 4.42 Å². The van der Waals surface area contributed by atoms with Crippen molar-refractivity contribution in [2.75, 3.05) is 0 Å². The monoisotopic (exact) mass is 213 g/mol. The molecule has 11 heavy (non-hydrogen) atoms. The summed E-state index contributed by atoms with van der Waals surface area (Å²) in [5.41, 5.74) is 2.06. The van der Waals surface area contributed by atoms with Crippen LogP contribution >= 0.6 is 15.9 Å². The van der Waals surface area contributed by atoms with Crippen molar-refractivity contribution in [3.05, 3.63) is 22.5 Å². The normalized spacial score (nSPS) is 10.6. The molecule has 0 aliphatic carbocycles. The fraction of sp³-hybridized carbons (Fsp3) is 0. The molecule has 3 nitrogen and oxygen atoms in total. The van der Waals surface area contributed by atoms with Gasteiger partial charge in [0.15, 0.2) is 16.5 Å². The predicted molar refractivity (Wildman–Crippen MR) is 43.7 cm³/mol. The van der Waals surface area contributed by atoms with Gasteiger partial charge in [0.05, 0.1) is 11.2 Å². The van der Waals surface area contributed by atoms with E-state index in [1.54, 1.807) is 12.1 Å². The SMILES string of the molecule is O=Cc1cc2oc(Br)cc2[nH]1. The van der Waals surface area contributed by atoms with Crippen molar-refractivity contribution in [2.24, 2.45) is 0 Å². The van der Waals surface area contributed by atoms with Crippen molar-refractivity contribution in [1.82, 2.24) is 4.98 Å². The van der Waals surface area contributed by atoms with Crippen molar-refractivity contribution in [3.8, 4) is 0 Å². The lowest BCUT2D eigenvalue weighted by Gasteiger charge is -1.76. The Labute approximate surface area is 70.5 Å². The Kier molecular flexibility index (Phi) is 1.35. The minimum atomic E-state index is 0.534. The number of halogens is 1. The van der Waals surface area contributed by atoms with Crippen molar-refractivity contribution < 1.29 is 9.21 Å². The molecule has 0 bridgehead atoms. The maximum Gasteiger partial charge on any atom is 0.172 e. The summed E-state index contributed by atoms with van der Waals surface area (Å²) < 4.78 is 5.84. The molecular formula is C7H4BrNO2. The van der Waals surface area contributed by atoms with E-state index in [9.17, 15) is 4.79 Å². The highest BCUT2D eigenvalue weighted by Crippen LogP contribution is 2.22. The van der Waals surface area contributed by atoms with Crippen LogP contribution in [0.1, 0.15) is 10.5 Å². The predicted octanol–water partition coefficient (Wildman–Crippen LogP) is 2.34. The highest BCUT2D eigenvalue weighted by Gasteiger charge is 2.04. The number of rotatable bonds is 1. The first kappa shape index (κ1) is 6.67. The second kappa shape index (κ2) is 2.23. The smallest absolute Gasteiger partial charge is 0.172 e. The summed E-state index contributed by atoms with van der Waals surface area (Å²) in [4.78, 5) is 13.1. The molecule has 2 aromatic rings. The summed E-state index contributed by atoms with van der Waals surface area (Å²) in [7, 11) is 0. The third-order valence-corrected chi connectivity index (χ3v) is 1.81. The number of fused-ring (bicyclic) bond motifs is 1. The lowest BCUT2D eigenvalue weighted by atomic mass is 10.4. The lowest BCUT2D eigenvalue weighted by Crippen LogP contribution is -1.74. The van der Waals surface area contributed by atoms with E-state index in [1.165, 1.54) is 0 Å². The van der Waals surface area contributed by atoms with E-state index < -0.39 is 0 Å². The first-order chi connectivity index (χ1) is 5.29. The van der Waals surface area contributed by atoms with Crippen LogP contribution in [-0.2, 0) is 0 Å². The van der Waals surface area contributed by atoms with Gasteiger partial charge < -0.3 is 9.40 Å². The third kappa shape index (κ3) is 0.991. The molecule has 0 radical (unpaired) electrons. The maximum atomic E-state index is 10.3. The highest BCUT2D eigenvalue weighted by atomic mass is 79.9. The summed E-state index contributed by atoms with van der Waals surface area (Å²) in [5.74, 6) is 0. The Hall–Kier alpha value is -1.03. The first-order valence-electron chi connectivity index (χ1n) is 3.03. The van der Waals surface area contributed by atoms with Gasteiger partial charge in [-0.15, -0.1) is 0 Å². The van der Waals surface area contributed by atoms with Gasteiger partial charge in [0.25, 0.3) is 0 Å². The summed E-state index contributed by atoms with van der Waals surface area (Å²) >= 11 is 3.18. The molecule has 0 fully saturated rings. The van der Waals surface area contributed by atoms with Crippen LogP contribution in [0, 0.1) is 0 Å². The number of hydrogen-bond donors (Lipinski definition) is 1. The van der Waals surface area contributed by atoms with Crippen molar-refractivity contribution in [3.63, 3.8) is 0 Å². The number of nitrogens with one attached hydrogen (secondary N) is 1. The van der Waals surface area contributed by atoms with Crippen molar-refractivity contribution in [2.45, 2.75) is 0 Å². The number of aromatic amines is 1. The second-order valence-electron chi connectivity index (χ2n) is 2.17. The van der Waals surface area contributed by atoms with Crippen LogP contribution in [0.5, 0.6) is 0 Å². The van der Waals surface area contributed by atoms with Gasteiger partial charge in [-0.25, -0.2) is 0 Å². The zero-order valence-electron chi connectivity index (χ0n) is 5.43. The van der Waals surface area contributed by atoms with Crippen LogP contribution < -0.4 is 0 Å². The molecule has 4 heteroatoms. The van der Waals surface area contributed by atoms with Crippen molar-refractivity contribution >= 4 is 33.3 Å². The van der Waals surface area contributed by atoms with Crippen LogP contribution in [0.3, 0.4) is 0 Å². The Morgan fingerprint density at radius 3 is 3.00 bits per heavy atom. The lowest BCUT2D eigenvalue weighted by molar-refractivity contribution is 0.111. The van der Waals surface area contributed by atoms with Gasteiger partial charge in [-0.1, -0.05) is 0 Å². The molecule has 0 amide bonds. The number of H-pyrrole nitrogens is 1. The molecule has 2 heterocycles. The highest BCUT2D eigenvalue weighted by molar-refractivity contribution is 9.10. The van der Waals surface area contributed by atoms with Gasteiger partial charge in [-0.2, -0.15) is 0 Å². The average Bonchev–Trinajstić information content (AvgIpc) is 2.43. The molecule has 0 unspecified atom stereocenters. The van der Waals surface area contributed by atoms with E-state index in [-0.39, 0.29) is 0 Å². The molecule has 0 aliphatic heterocycles. The van der Waals surface area contributed by atoms with Crippen molar-refractivity contribution in [1.29, 1.82) is 0 Å². The molecule has 0 aliphatic rings. The summed E-state index contributed by atoms with van der Waals surface area (Å²) in [6.07, 6.45) is 0.753. The molecule has 0 aromatic carbocycles. The van der Waals surface area contributed by atoms with Gasteiger partial charge in [-0.05, 0) is 15.9 Å². The Morgan fingerprint density at radius 2 is 2.36 bits per heavy atom. The zero-order chi connectivity index (χ0) is 7.84. The quantitative estimate of drug-likeness (QED) is 0.740. The summed E-state index contributed by atoms with van der Waals surface area (Å²) in [6, 6.07) is 3.44. The van der Waals surface area contributed by atoms with Gasteiger partial charge in [0, 0.05) is 12.1 Å². The first-order valence-corrected chi connectivity index (χ1v) is 3.82. The van der Waals surface area contributed by atoms with Crippen LogP contribution in [0.25, 0.3) is 11.1 Å². The Bertz CT molecular complexity index is 370. The topological polar surface area (TPSA) is 46.0 Å². The van der Waals surface area contributed by atoms with Gasteiger partial charge in [-0.3, -0.25) is 4.79 Å². The molecular weight excluding hydrogens is 210 g/mol. The molecule has 1 N–H and O–H groups in total. The van der Waals surface area contributed by atoms with Crippen LogP contribution in [0.2, 0.25) is 0 Å². The number of aldehydes is 1. The van der Waals surface area contributed by atoms with Gasteiger partial charge >= 0.3 is 0 Å². The number of hydrogen-bond acceptors (Lipinski definition) is 2. The van der Waals surface area contributed by atoms with Crippen LogP contribution in [0.15, 0.2) is 21.2 Å². The fourth-order valence-corrected chi connectivity index (χ4v) is 1.38. The average molecular weight is 214 g/mol. The Morgan fingerprint density at radius 1 is 1.55 bits per heavy atom. The minimum absolute atomic E-state index is 0.534. The summed E-state index contributed by atoms with van der Waals surface area (Å²) in [5, 5.41) is 0. The minimum Gasteiger partial charge on any atom is -0.448 e. The molecule has 0 saturated heterocycles. The number of aromatic nitrogens is 1. The third-order valence-electron chi connectivity index (χ3n) is 1.42. The van der Waals surface area contributed by atoms with E-state index in [0.29, 0.717) is 15.9 Å². The molecule has 2 aromatic heterocycles. The van der Waals surface area contributed by atoms with Gasteiger partial charge in [0.1, 0.15) is 0 Å². The van der Waals surface area contributed by atoms with E-state index in [2.05, 4.69) is 20.9 Å². The number of carbonyl (C=O) groups is 1. The van der Waals surface area contributed by atoms with Gasteiger partial charge in [0.2, 0.25) is 0 Å². The number of furan rings is 1. The van der Waals surface area contributed by atoms with Crippen LogP contribution in [-0.4, -0.2) is 11.3 Å². The van der Waals surface area contributed by atoms with E-state index >= 15 is 0 Å². The Balaban J connectivity index is 2.72. The molecule has 0 atom stereocenters. The summed E-state index contributed by atoms with van der Waals surface area (Å²) in [6.45, 7) is 0. The molecule has 2 rings (SSSR count). The standard InChI is InChI=1S/C7H4BrNO2/c8-7-2-5-6(11-7)1-4(3-10)9-5/h1-3,9H. The maximum absolute atomic E-state index is 10.3. The largest absolute Gasteiger partial charge is 0.448 e. The molecule has 0 spiro atoms.